The number of anilines is 2. The molecule has 2 saturated heterocycles. The molecule has 0 spiro atoms. The van der Waals surface area contributed by atoms with Gasteiger partial charge in [-0.2, -0.15) is 0 Å². The van der Waals surface area contributed by atoms with Crippen LogP contribution in [0.3, 0.4) is 0 Å². The second kappa shape index (κ2) is 11.3. The second-order valence-electron chi connectivity index (χ2n) is 10.8. The Morgan fingerprint density at radius 3 is 2.56 bits per heavy atom. The van der Waals surface area contributed by atoms with Gasteiger partial charge in [0.15, 0.2) is 21.3 Å². The van der Waals surface area contributed by atoms with Crippen LogP contribution in [-0.2, 0) is 35.3 Å². The van der Waals surface area contributed by atoms with E-state index < -0.39 is 34.4 Å². The lowest BCUT2D eigenvalue weighted by Crippen LogP contribution is -2.22. The van der Waals surface area contributed by atoms with Crippen LogP contribution in [0.1, 0.15) is 67.9 Å². The van der Waals surface area contributed by atoms with Gasteiger partial charge in [-0.3, -0.25) is 9.36 Å². The third-order valence-corrected chi connectivity index (χ3v) is 8.75. The Kier molecular flexibility index (Phi) is 7.79. The molecular weight excluding hydrogens is 558 g/mol. The molecule has 0 bridgehead atoms. The summed E-state index contributed by atoms with van der Waals surface area (Å²) in [5.41, 5.74) is 1.86. The molecule has 2 atom stereocenters. The van der Waals surface area contributed by atoms with Crippen molar-refractivity contribution < 1.29 is 36.2 Å². The monoisotopic (exact) mass is 590 g/mol. The smallest absolute Gasteiger partial charge is 0.295 e. The summed E-state index contributed by atoms with van der Waals surface area (Å²) in [5, 5.41) is 3.13. The molecule has 1 aromatic carbocycles. The maximum absolute atomic E-state index is 14.3. The van der Waals surface area contributed by atoms with E-state index in [1.807, 2.05) is 0 Å². The molecule has 6 rings (SSSR count). The van der Waals surface area contributed by atoms with E-state index in [4.69, 9.17) is 14.2 Å². The molecule has 1 N–H and O–H groups in total. The lowest BCUT2D eigenvalue weighted by molar-refractivity contribution is -0.119. The molecule has 3 aromatic rings. The molecule has 1 aliphatic carbocycles. The number of Topliss-reactive ketones (excluding diaryl/α,β-unsaturated/α-hetero) is 1. The Labute approximate surface area is 236 Å². The number of carbonyl (C=O) groups is 1. The minimum Gasteiger partial charge on any atom is -0.376 e. The molecule has 0 radical (unpaired) electrons. The van der Waals surface area contributed by atoms with Gasteiger partial charge in [-0.05, 0) is 55.9 Å². The van der Waals surface area contributed by atoms with Gasteiger partial charge < -0.3 is 19.5 Å². The van der Waals surface area contributed by atoms with E-state index in [1.165, 1.54) is 10.6 Å². The molecule has 4 heterocycles. The first-order valence-electron chi connectivity index (χ1n) is 13.8. The number of imidazole rings is 1. The molecule has 41 heavy (non-hydrogen) atoms. The fraction of sp³-hybridized carbons (Fsp3) is 0.536. The van der Waals surface area contributed by atoms with E-state index in [0.29, 0.717) is 44.1 Å². The minimum absolute atomic E-state index is 0.00821. The van der Waals surface area contributed by atoms with Gasteiger partial charge >= 0.3 is 0 Å². The quantitative estimate of drug-likeness (QED) is 0.374. The highest BCUT2D eigenvalue weighted by atomic mass is 32.2. The molecule has 13 heteroatoms. The third-order valence-electron chi connectivity index (χ3n) is 7.62. The Balaban J connectivity index is 1.47. The predicted octanol–water partition coefficient (Wildman–Crippen LogP) is 4.82. The number of nitrogens with zero attached hydrogens (tertiary/aromatic N) is 3. The van der Waals surface area contributed by atoms with Gasteiger partial charge in [0.1, 0.15) is 23.6 Å². The van der Waals surface area contributed by atoms with Crippen molar-refractivity contribution in [3.05, 3.63) is 41.3 Å². The van der Waals surface area contributed by atoms with Crippen LogP contribution in [0.15, 0.2) is 29.2 Å². The van der Waals surface area contributed by atoms with E-state index >= 15 is 0 Å². The summed E-state index contributed by atoms with van der Waals surface area (Å²) in [7, 11) is -3.73. The number of nitrogens with one attached hydrogen (secondary N) is 1. The Bertz CT molecular complexity index is 1560. The molecule has 2 aliphatic heterocycles. The SMILES string of the molecule is CS(=O)(=O)c1cc(C2COCCO2)ccc1Nc1cc(CC(=O)C2CC2)nc2c1nc(C(F)F)n2C1CCCCO1. The number of ether oxygens (including phenoxy) is 3. The summed E-state index contributed by atoms with van der Waals surface area (Å²) in [6.45, 7) is 1.60. The Hall–Kier alpha value is -3.00. The maximum atomic E-state index is 14.3. The lowest BCUT2D eigenvalue weighted by atomic mass is 10.1. The summed E-state index contributed by atoms with van der Waals surface area (Å²) in [5.74, 6) is -0.462. The van der Waals surface area contributed by atoms with Crippen molar-refractivity contribution in [2.24, 2.45) is 5.92 Å². The van der Waals surface area contributed by atoms with Crippen LogP contribution >= 0.6 is 0 Å². The van der Waals surface area contributed by atoms with Crippen LogP contribution in [0.25, 0.3) is 11.2 Å². The highest BCUT2D eigenvalue weighted by Gasteiger charge is 2.32. The Morgan fingerprint density at radius 1 is 1.07 bits per heavy atom. The van der Waals surface area contributed by atoms with Crippen molar-refractivity contribution in [1.29, 1.82) is 0 Å². The Morgan fingerprint density at radius 2 is 1.90 bits per heavy atom. The fourth-order valence-electron chi connectivity index (χ4n) is 5.39. The molecule has 0 amide bonds. The first-order chi connectivity index (χ1) is 19.7. The lowest BCUT2D eigenvalue weighted by Gasteiger charge is -2.25. The van der Waals surface area contributed by atoms with Crippen molar-refractivity contribution >= 4 is 38.2 Å². The van der Waals surface area contributed by atoms with E-state index in [-0.39, 0.29) is 45.6 Å². The summed E-state index contributed by atoms with van der Waals surface area (Å²) in [4.78, 5) is 21.6. The maximum Gasteiger partial charge on any atom is 0.295 e. The number of carbonyl (C=O) groups excluding carboxylic acids is 1. The number of hydrogen-bond donors (Lipinski definition) is 1. The van der Waals surface area contributed by atoms with E-state index in [9.17, 15) is 22.0 Å². The number of rotatable bonds is 9. The number of fused-ring (bicyclic) bond motifs is 1. The van der Waals surface area contributed by atoms with Gasteiger partial charge in [0.05, 0.1) is 41.8 Å². The summed E-state index contributed by atoms with van der Waals surface area (Å²) >= 11 is 0. The van der Waals surface area contributed by atoms with Gasteiger partial charge in [0.2, 0.25) is 0 Å². The summed E-state index contributed by atoms with van der Waals surface area (Å²) < 4.78 is 72.8. The second-order valence-corrected chi connectivity index (χ2v) is 12.8. The van der Waals surface area contributed by atoms with Crippen LogP contribution in [0.5, 0.6) is 0 Å². The number of hydrogen-bond acceptors (Lipinski definition) is 9. The largest absolute Gasteiger partial charge is 0.376 e. The summed E-state index contributed by atoms with van der Waals surface area (Å²) in [6.07, 6.45) is 0.964. The van der Waals surface area contributed by atoms with Gasteiger partial charge in [-0.15, -0.1) is 0 Å². The normalized spacial score (nSPS) is 21.9. The topological polar surface area (TPSA) is 122 Å². The van der Waals surface area contributed by atoms with Gasteiger partial charge in [-0.25, -0.2) is 27.2 Å². The standard InChI is InChI=1S/C28H32F2N4O6S/c1-41(36,37)23-12-17(22-15-38-10-11-39-22)7-8-19(23)32-20-13-18(14-21(35)16-5-6-16)31-27-25(20)33-28(26(29)30)34(27)24-4-2-3-9-40-24/h7-8,12-13,16,22,24,26H,2-6,9-11,14-15H2,1H3,(H,31,32). The number of benzene rings is 1. The molecule has 3 fully saturated rings. The van der Waals surface area contributed by atoms with E-state index in [0.717, 1.165) is 31.9 Å². The average molecular weight is 591 g/mol. The fourth-order valence-corrected chi connectivity index (χ4v) is 6.25. The predicted molar refractivity (Wildman–Crippen MR) is 145 cm³/mol. The van der Waals surface area contributed by atoms with Crippen LogP contribution in [-0.4, -0.2) is 61.4 Å². The zero-order valence-corrected chi connectivity index (χ0v) is 23.5. The molecule has 2 unspecified atom stereocenters. The van der Waals surface area contributed by atoms with Crippen molar-refractivity contribution in [3.63, 3.8) is 0 Å². The molecule has 2 aromatic heterocycles. The molecule has 3 aliphatic rings. The number of pyridine rings is 1. The van der Waals surface area contributed by atoms with Crippen molar-refractivity contribution in [2.45, 2.75) is 62.2 Å². The molecule has 10 nitrogen and oxygen atoms in total. The summed E-state index contributed by atoms with van der Waals surface area (Å²) in [6, 6.07) is 6.48. The first kappa shape index (κ1) is 28.1. The van der Waals surface area contributed by atoms with Gasteiger partial charge in [0, 0.05) is 25.2 Å². The van der Waals surface area contributed by atoms with Crippen LogP contribution < -0.4 is 5.32 Å². The highest BCUT2D eigenvalue weighted by Crippen LogP contribution is 2.38. The van der Waals surface area contributed by atoms with Crippen molar-refractivity contribution in [2.75, 3.05) is 38.0 Å². The molecule has 1 saturated carbocycles. The van der Waals surface area contributed by atoms with E-state index in [1.54, 1.807) is 18.2 Å². The van der Waals surface area contributed by atoms with Crippen molar-refractivity contribution in [3.8, 4) is 0 Å². The zero-order chi connectivity index (χ0) is 28.7. The highest BCUT2D eigenvalue weighted by molar-refractivity contribution is 7.90. The van der Waals surface area contributed by atoms with Gasteiger partial charge in [0.25, 0.3) is 6.43 Å². The number of ketones is 1. The average Bonchev–Trinajstić information content (AvgIpc) is 3.74. The van der Waals surface area contributed by atoms with Gasteiger partial charge in [-0.1, -0.05) is 6.07 Å². The van der Waals surface area contributed by atoms with Crippen LogP contribution in [0, 0.1) is 5.92 Å². The van der Waals surface area contributed by atoms with Crippen LogP contribution in [0.2, 0.25) is 0 Å². The zero-order valence-electron chi connectivity index (χ0n) is 22.6. The number of aromatic nitrogens is 3. The number of sulfone groups is 1. The van der Waals surface area contributed by atoms with E-state index in [2.05, 4.69) is 15.3 Å². The van der Waals surface area contributed by atoms with Crippen LogP contribution in [0.4, 0.5) is 20.2 Å². The molecule has 220 valence electrons. The van der Waals surface area contributed by atoms with Crippen molar-refractivity contribution in [1.82, 2.24) is 14.5 Å². The number of halogens is 2. The minimum atomic E-state index is -3.73. The molecular formula is C28H32F2N4O6S. The first-order valence-corrected chi connectivity index (χ1v) is 15.7. The number of alkyl halides is 2. The third kappa shape index (κ3) is 5.99.